The number of carbonyl (C=O) groups excluding carboxylic acids is 1. The van der Waals surface area contributed by atoms with Crippen molar-refractivity contribution in [2.24, 2.45) is 0 Å². The van der Waals surface area contributed by atoms with E-state index in [1.165, 1.54) is 12.1 Å². The summed E-state index contributed by atoms with van der Waals surface area (Å²) in [6.07, 6.45) is -4.41. The molecule has 0 radical (unpaired) electrons. The van der Waals surface area contributed by atoms with E-state index in [-0.39, 0.29) is 17.9 Å². The van der Waals surface area contributed by atoms with Crippen LogP contribution < -0.4 is 5.32 Å². The Morgan fingerprint density at radius 3 is 2.62 bits per heavy atom. The van der Waals surface area contributed by atoms with Gasteiger partial charge in [-0.1, -0.05) is 19.1 Å². The van der Waals surface area contributed by atoms with Crippen molar-refractivity contribution in [3.8, 4) is 0 Å². The standard InChI is InChI=1S/C11H12F3NO/c1-2-15-7-10(16)8-4-3-5-9(6-8)11(12,13)14/h3-6,15H,2,7H2,1H3. The van der Waals surface area contributed by atoms with Gasteiger partial charge in [0.1, 0.15) is 0 Å². The van der Waals surface area contributed by atoms with Crippen LogP contribution in [0.5, 0.6) is 0 Å². The Hall–Kier alpha value is -1.36. The Bertz CT molecular complexity index is 374. The van der Waals surface area contributed by atoms with Crippen molar-refractivity contribution in [3.63, 3.8) is 0 Å². The summed E-state index contributed by atoms with van der Waals surface area (Å²) in [4.78, 5) is 11.5. The third-order valence-corrected chi connectivity index (χ3v) is 2.05. The predicted molar refractivity (Wildman–Crippen MR) is 54.3 cm³/mol. The molecule has 1 rings (SSSR count). The third-order valence-electron chi connectivity index (χ3n) is 2.05. The highest BCUT2D eigenvalue weighted by Crippen LogP contribution is 2.29. The molecule has 1 aromatic rings. The smallest absolute Gasteiger partial charge is 0.310 e. The van der Waals surface area contributed by atoms with E-state index in [0.717, 1.165) is 12.1 Å². The lowest BCUT2D eigenvalue weighted by molar-refractivity contribution is -0.137. The summed E-state index contributed by atoms with van der Waals surface area (Å²) in [5.74, 6) is -0.340. The Kier molecular flexibility index (Phi) is 4.06. The SMILES string of the molecule is CCNCC(=O)c1cccc(C(F)(F)F)c1. The minimum absolute atomic E-state index is 0.0534. The highest BCUT2D eigenvalue weighted by atomic mass is 19.4. The summed E-state index contributed by atoms with van der Waals surface area (Å²) in [6, 6.07) is 4.45. The van der Waals surface area contributed by atoms with Gasteiger partial charge in [0.2, 0.25) is 0 Å². The van der Waals surface area contributed by atoms with Crippen LogP contribution in [0.1, 0.15) is 22.8 Å². The summed E-state index contributed by atoms with van der Waals surface area (Å²) >= 11 is 0. The van der Waals surface area contributed by atoms with Gasteiger partial charge in [-0.3, -0.25) is 4.79 Å². The molecule has 0 fully saturated rings. The van der Waals surface area contributed by atoms with Gasteiger partial charge >= 0.3 is 6.18 Å². The maximum absolute atomic E-state index is 12.4. The summed E-state index contributed by atoms with van der Waals surface area (Å²) < 4.78 is 37.1. The molecule has 0 aromatic heterocycles. The van der Waals surface area contributed by atoms with E-state index in [4.69, 9.17) is 0 Å². The van der Waals surface area contributed by atoms with Gasteiger partial charge in [-0.15, -0.1) is 0 Å². The number of hydrogen-bond donors (Lipinski definition) is 1. The first-order valence-corrected chi connectivity index (χ1v) is 4.86. The first-order valence-electron chi connectivity index (χ1n) is 4.86. The number of rotatable bonds is 4. The molecule has 0 saturated heterocycles. The largest absolute Gasteiger partial charge is 0.416 e. The van der Waals surface area contributed by atoms with E-state index in [9.17, 15) is 18.0 Å². The number of benzene rings is 1. The first-order chi connectivity index (χ1) is 7.45. The highest BCUT2D eigenvalue weighted by Gasteiger charge is 2.30. The van der Waals surface area contributed by atoms with Gasteiger partial charge in [0.25, 0.3) is 0 Å². The number of halogens is 3. The fourth-order valence-electron chi connectivity index (χ4n) is 1.21. The second kappa shape index (κ2) is 5.12. The lowest BCUT2D eigenvalue weighted by atomic mass is 10.1. The zero-order valence-electron chi connectivity index (χ0n) is 8.77. The van der Waals surface area contributed by atoms with Crippen LogP contribution in [0.25, 0.3) is 0 Å². The zero-order chi connectivity index (χ0) is 12.2. The lowest BCUT2D eigenvalue weighted by Gasteiger charge is -2.08. The van der Waals surface area contributed by atoms with Gasteiger partial charge in [0, 0.05) is 5.56 Å². The fraction of sp³-hybridized carbons (Fsp3) is 0.364. The molecule has 1 N–H and O–H groups in total. The molecular weight excluding hydrogens is 219 g/mol. The van der Waals surface area contributed by atoms with Gasteiger partial charge in [-0.2, -0.15) is 13.2 Å². The molecule has 0 unspecified atom stereocenters. The van der Waals surface area contributed by atoms with Crippen LogP contribution in [-0.4, -0.2) is 18.9 Å². The Morgan fingerprint density at radius 2 is 2.06 bits per heavy atom. The normalized spacial score (nSPS) is 11.5. The van der Waals surface area contributed by atoms with E-state index in [0.29, 0.717) is 6.54 Å². The maximum Gasteiger partial charge on any atom is 0.416 e. The van der Waals surface area contributed by atoms with Gasteiger partial charge in [0.05, 0.1) is 12.1 Å². The first kappa shape index (κ1) is 12.7. The van der Waals surface area contributed by atoms with Crippen molar-refractivity contribution in [2.45, 2.75) is 13.1 Å². The van der Waals surface area contributed by atoms with Crippen LogP contribution in [-0.2, 0) is 6.18 Å². The van der Waals surface area contributed by atoms with Crippen LogP contribution >= 0.6 is 0 Å². The summed E-state index contributed by atoms with van der Waals surface area (Å²) in [6.45, 7) is 2.47. The number of alkyl halides is 3. The molecule has 0 aliphatic heterocycles. The van der Waals surface area contributed by atoms with Crippen LogP contribution in [0, 0.1) is 0 Å². The van der Waals surface area contributed by atoms with Crippen molar-refractivity contribution in [3.05, 3.63) is 35.4 Å². The monoisotopic (exact) mass is 231 g/mol. The highest BCUT2D eigenvalue weighted by molar-refractivity contribution is 5.97. The molecule has 0 heterocycles. The third kappa shape index (κ3) is 3.34. The Balaban J connectivity index is 2.86. The van der Waals surface area contributed by atoms with Crippen LogP contribution in [0.2, 0.25) is 0 Å². The molecule has 0 saturated carbocycles. The average Bonchev–Trinajstić information content (AvgIpc) is 2.25. The summed E-state index contributed by atoms with van der Waals surface area (Å²) in [5, 5.41) is 2.77. The van der Waals surface area contributed by atoms with E-state index in [2.05, 4.69) is 5.32 Å². The van der Waals surface area contributed by atoms with Crippen LogP contribution in [0.3, 0.4) is 0 Å². The molecular formula is C11H12F3NO. The maximum atomic E-state index is 12.4. The van der Waals surface area contributed by atoms with E-state index in [1.807, 2.05) is 6.92 Å². The molecule has 16 heavy (non-hydrogen) atoms. The van der Waals surface area contributed by atoms with Gasteiger partial charge in [0.15, 0.2) is 5.78 Å². The van der Waals surface area contributed by atoms with Crippen molar-refractivity contribution in [1.82, 2.24) is 5.32 Å². The second-order valence-electron chi connectivity index (χ2n) is 3.28. The number of hydrogen-bond acceptors (Lipinski definition) is 2. The van der Waals surface area contributed by atoms with Gasteiger partial charge < -0.3 is 5.32 Å². The summed E-state index contributed by atoms with van der Waals surface area (Å²) in [7, 11) is 0. The molecule has 1 aromatic carbocycles. The topological polar surface area (TPSA) is 29.1 Å². The van der Waals surface area contributed by atoms with Crippen LogP contribution in [0.15, 0.2) is 24.3 Å². The molecule has 0 spiro atoms. The summed E-state index contributed by atoms with van der Waals surface area (Å²) in [5.41, 5.74) is -0.717. The molecule has 0 aliphatic carbocycles. The van der Waals surface area contributed by atoms with Gasteiger partial charge in [-0.05, 0) is 18.7 Å². The fourth-order valence-corrected chi connectivity index (χ4v) is 1.21. The minimum atomic E-state index is -4.41. The van der Waals surface area contributed by atoms with E-state index in [1.54, 1.807) is 0 Å². The number of carbonyl (C=O) groups is 1. The number of nitrogens with one attached hydrogen (secondary N) is 1. The number of ketones is 1. The second-order valence-corrected chi connectivity index (χ2v) is 3.28. The molecule has 88 valence electrons. The molecule has 0 bridgehead atoms. The molecule has 0 aliphatic rings. The average molecular weight is 231 g/mol. The van der Waals surface area contributed by atoms with Crippen molar-refractivity contribution < 1.29 is 18.0 Å². The van der Waals surface area contributed by atoms with Crippen molar-refractivity contribution in [1.29, 1.82) is 0 Å². The lowest BCUT2D eigenvalue weighted by Crippen LogP contribution is -2.22. The molecule has 2 nitrogen and oxygen atoms in total. The molecule has 0 amide bonds. The van der Waals surface area contributed by atoms with Crippen molar-refractivity contribution >= 4 is 5.78 Å². The van der Waals surface area contributed by atoms with Crippen molar-refractivity contribution in [2.75, 3.05) is 13.1 Å². The van der Waals surface area contributed by atoms with E-state index < -0.39 is 11.7 Å². The van der Waals surface area contributed by atoms with Crippen LogP contribution in [0.4, 0.5) is 13.2 Å². The van der Waals surface area contributed by atoms with E-state index >= 15 is 0 Å². The Labute approximate surface area is 91.5 Å². The zero-order valence-corrected chi connectivity index (χ0v) is 8.77. The van der Waals surface area contributed by atoms with Gasteiger partial charge in [-0.25, -0.2) is 0 Å². The minimum Gasteiger partial charge on any atom is -0.310 e. The predicted octanol–water partition coefficient (Wildman–Crippen LogP) is 2.50. The number of Topliss-reactive ketones (excluding diaryl/α,β-unsaturated/α-hetero) is 1. The molecule has 5 heteroatoms. The number of likely N-dealkylation sites (N-methyl/N-ethyl adjacent to an activating group) is 1. The molecule has 0 atom stereocenters. The Morgan fingerprint density at radius 1 is 1.38 bits per heavy atom. The quantitative estimate of drug-likeness (QED) is 0.806.